The monoisotopic (exact) mass is 592 g/mol. The van der Waals surface area contributed by atoms with Gasteiger partial charge in [-0.05, 0) is 52.9 Å². The Balaban J connectivity index is 1.40. The molecule has 1 unspecified atom stereocenters. The predicted molar refractivity (Wildman–Crippen MR) is 170 cm³/mol. The molecule has 0 saturated carbocycles. The fourth-order valence-electron chi connectivity index (χ4n) is 5.54. The highest BCUT2D eigenvalue weighted by Crippen LogP contribution is 2.41. The Labute approximate surface area is 250 Å². The van der Waals surface area contributed by atoms with Crippen molar-refractivity contribution in [1.82, 2.24) is 14.9 Å². The first-order valence-electron chi connectivity index (χ1n) is 13.7. The molecule has 4 heterocycles. The Morgan fingerprint density at radius 2 is 1.81 bits per heavy atom. The number of benzene rings is 3. The zero-order chi connectivity index (χ0) is 28.6. The first-order valence-corrected chi connectivity index (χ1v) is 15.8. The number of ether oxygens (including phenoxy) is 1. The van der Waals surface area contributed by atoms with Gasteiger partial charge in [0.1, 0.15) is 5.65 Å². The zero-order valence-corrected chi connectivity index (χ0v) is 24.6. The highest BCUT2D eigenvalue weighted by atomic mass is 32.2. The van der Waals surface area contributed by atoms with Crippen LogP contribution in [-0.2, 0) is 15.7 Å². The van der Waals surface area contributed by atoms with Gasteiger partial charge in [0.05, 0.1) is 23.8 Å². The van der Waals surface area contributed by atoms with Crippen molar-refractivity contribution in [3.8, 4) is 22.3 Å². The fourth-order valence-corrected chi connectivity index (χ4v) is 7.44. The molecular formula is C33H28N4O3S2. The van der Waals surface area contributed by atoms with Crippen molar-refractivity contribution in [3.63, 3.8) is 0 Å². The van der Waals surface area contributed by atoms with Gasteiger partial charge in [0.15, 0.2) is 11.0 Å². The molecular weight excluding hydrogens is 565 g/mol. The minimum Gasteiger partial charge on any atom is -0.378 e. The van der Waals surface area contributed by atoms with Crippen molar-refractivity contribution < 1.29 is 13.7 Å². The Morgan fingerprint density at radius 3 is 2.60 bits per heavy atom. The van der Waals surface area contributed by atoms with E-state index >= 15 is 0 Å². The number of hydrogen-bond donors (Lipinski definition) is 1. The number of pyridine rings is 1. The fraction of sp³-hybridized carbons (Fsp3) is 0.152. The first-order chi connectivity index (χ1) is 20.6. The summed E-state index contributed by atoms with van der Waals surface area (Å²) in [4.78, 5) is 24.3. The lowest BCUT2D eigenvalue weighted by Crippen LogP contribution is -2.40. The number of aromatic nitrogens is 2. The maximum absolute atomic E-state index is 13.3. The summed E-state index contributed by atoms with van der Waals surface area (Å²) in [7, 11) is 0.526. The standard InChI is InChI=1S/C33H28N4O3S2/c1-36(42(39)26-12-17-41-21-26)25-10-11-29-27(19-25)31-30(22-6-3-2-4-7-22)28(20-34-32(31)35-29)23-8-5-9-24(18-23)33(38)37-13-15-40-16-14-37/h2-12,17-21H,13-16H2,1H3,(H,34,35). The summed E-state index contributed by atoms with van der Waals surface area (Å²) in [6.07, 6.45) is 1.89. The quantitative estimate of drug-likeness (QED) is 0.232. The average molecular weight is 593 g/mol. The second-order valence-corrected chi connectivity index (χ2v) is 12.5. The van der Waals surface area contributed by atoms with Crippen LogP contribution in [-0.4, -0.2) is 58.3 Å². The summed E-state index contributed by atoms with van der Waals surface area (Å²) in [5.74, 6) is 0.00819. The number of H-pyrrole nitrogens is 1. The minimum atomic E-state index is -1.32. The largest absolute Gasteiger partial charge is 0.378 e. The molecule has 0 radical (unpaired) electrons. The van der Waals surface area contributed by atoms with Crippen LogP contribution in [0.15, 0.2) is 101 Å². The molecule has 0 aliphatic carbocycles. The van der Waals surface area contributed by atoms with Crippen LogP contribution in [0.25, 0.3) is 44.2 Å². The van der Waals surface area contributed by atoms with Crippen LogP contribution in [0, 0.1) is 0 Å². The third-order valence-electron chi connectivity index (χ3n) is 7.69. The van der Waals surface area contributed by atoms with Crippen molar-refractivity contribution in [2.75, 3.05) is 37.7 Å². The van der Waals surface area contributed by atoms with E-state index in [2.05, 4.69) is 23.2 Å². The van der Waals surface area contributed by atoms with Gasteiger partial charge in [-0.2, -0.15) is 11.3 Å². The second kappa shape index (κ2) is 11.2. The highest BCUT2D eigenvalue weighted by Gasteiger charge is 2.22. The molecule has 7 nitrogen and oxygen atoms in total. The van der Waals surface area contributed by atoms with Crippen molar-refractivity contribution in [2.24, 2.45) is 0 Å². The number of carbonyl (C=O) groups excluding carboxylic acids is 1. The third-order valence-corrected chi connectivity index (χ3v) is 9.89. The van der Waals surface area contributed by atoms with E-state index in [1.54, 1.807) is 4.31 Å². The van der Waals surface area contributed by atoms with Gasteiger partial charge in [0.2, 0.25) is 0 Å². The van der Waals surface area contributed by atoms with Crippen molar-refractivity contribution in [3.05, 3.63) is 101 Å². The third kappa shape index (κ3) is 4.79. The molecule has 9 heteroatoms. The van der Waals surface area contributed by atoms with Crippen LogP contribution in [0.2, 0.25) is 0 Å². The molecule has 1 atom stereocenters. The van der Waals surface area contributed by atoms with Crippen LogP contribution in [0.5, 0.6) is 0 Å². The Kier molecular flexibility index (Phi) is 7.07. The minimum absolute atomic E-state index is 0.00819. The number of nitrogens with zero attached hydrogens (tertiary/aromatic N) is 3. The van der Waals surface area contributed by atoms with Gasteiger partial charge in [-0.15, -0.1) is 0 Å². The molecule has 1 amide bonds. The van der Waals surface area contributed by atoms with Gasteiger partial charge >= 0.3 is 0 Å². The second-order valence-electron chi connectivity index (χ2n) is 10.2. The normalized spacial score (nSPS) is 14.4. The molecule has 0 spiro atoms. The Hall–Kier alpha value is -4.31. The molecule has 1 aliphatic heterocycles. The van der Waals surface area contributed by atoms with E-state index in [0.29, 0.717) is 31.9 Å². The number of nitrogens with one attached hydrogen (secondary N) is 1. The first kappa shape index (κ1) is 26.6. The van der Waals surface area contributed by atoms with E-state index < -0.39 is 11.0 Å². The Bertz CT molecular complexity index is 1930. The molecule has 0 bridgehead atoms. The van der Waals surface area contributed by atoms with Gasteiger partial charge in [-0.1, -0.05) is 42.5 Å². The van der Waals surface area contributed by atoms with Gasteiger partial charge in [-0.3, -0.25) is 9.10 Å². The van der Waals surface area contributed by atoms with Crippen LogP contribution in [0.3, 0.4) is 0 Å². The lowest BCUT2D eigenvalue weighted by atomic mass is 9.92. The molecule has 210 valence electrons. The van der Waals surface area contributed by atoms with Crippen molar-refractivity contribution in [2.45, 2.75) is 4.90 Å². The number of carbonyl (C=O) groups is 1. The van der Waals surface area contributed by atoms with E-state index in [-0.39, 0.29) is 5.91 Å². The number of fused-ring (bicyclic) bond motifs is 3. The number of amides is 1. The average Bonchev–Trinajstić information content (AvgIpc) is 3.72. The molecule has 3 aromatic heterocycles. The molecule has 1 aliphatic rings. The van der Waals surface area contributed by atoms with Crippen molar-refractivity contribution >= 4 is 55.9 Å². The number of hydrogen-bond acceptors (Lipinski definition) is 5. The predicted octanol–water partition coefficient (Wildman–Crippen LogP) is 6.74. The molecule has 7 rings (SSSR count). The van der Waals surface area contributed by atoms with E-state index in [1.807, 2.05) is 89.6 Å². The number of thiophene rings is 1. The van der Waals surface area contributed by atoms with E-state index in [0.717, 1.165) is 54.8 Å². The van der Waals surface area contributed by atoms with Crippen LogP contribution < -0.4 is 4.31 Å². The van der Waals surface area contributed by atoms with Crippen molar-refractivity contribution in [1.29, 1.82) is 0 Å². The van der Waals surface area contributed by atoms with E-state index in [1.165, 1.54) is 11.3 Å². The topological polar surface area (TPSA) is 78.5 Å². The summed E-state index contributed by atoms with van der Waals surface area (Å²) in [6.45, 7) is 2.30. The van der Waals surface area contributed by atoms with Crippen LogP contribution in [0.4, 0.5) is 5.69 Å². The zero-order valence-electron chi connectivity index (χ0n) is 22.9. The summed E-state index contributed by atoms with van der Waals surface area (Å²) < 4.78 is 20.5. The number of aromatic amines is 1. The van der Waals surface area contributed by atoms with E-state index in [4.69, 9.17) is 9.72 Å². The van der Waals surface area contributed by atoms with Crippen LogP contribution >= 0.6 is 11.3 Å². The molecule has 42 heavy (non-hydrogen) atoms. The molecule has 1 N–H and O–H groups in total. The molecule has 1 fully saturated rings. The SMILES string of the molecule is CN(c1ccc2[nH]c3ncc(-c4cccc(C(=O)N5CCOCC5)c4)c(-c4ccccc4)c3c2c1)S(=O)c1ccsc1. The highest BCUT2D eigenvalue weighted by molar-refractivity contribution is 7.86. The Morgan fingerprint density at radius 1 is 1.00 bits per heavy atom. The molecule has 1 saturated heterocycles. The van der Waals surface area contributed by atoms with Gasteiger partial charge in [0, 0.05) is 64.7 Å². The molecule has 3 aromatic carbocycles. The van der Waals surface area contributed by atoms with Gasteiger partial charge in [-0.25, -0.2) is 9.19 Å². The van der Waals surface area contributed by atoms with Crippen LogP contribution in [0.1, 0.15) is 10.4 Å². The number of rotatable bonds is 6. The van der Waals surface area contributed by atoms with E-state index in [9.17, 15) is 9.00 Å². The summed E-state index contributed by atoms with van der Waals surface area (Å²) in [6, 6.07) is 26.0. The smallest absolute Gasteiger partial charge is 0.254 e. The van der Waals surface area contributed by atoms with Gasteiger partial charge < -0.3 is 14.6 Å². The maximum Gasteiger partial charge on any atom is 0.254 e. The summed E-state index contributed by atoms with van der Waals surface area (Å²) in [5.41, 5.74) is 7.14. The summed E-state index contributed by atoms with van der Waals surface area (Å²) >= 11 is 1.53. The number of anilines is 1. The number of morpholine rings is 1. The lowest BCUT2D eigenvalue weighted by molar-refractivity contribution is 0.0303. The van der Waals surface area contributed by atoms with Gasteiger partial charge in [0.25, 0.3) is 5.91 Å². The summed E-state index contributed by atoms with van der Waals surface area (Å²) in [5, 5.41) is 5.83. The maximum atomic E-state index is 13.3. The molecule has 6 aromatic rings. The lowest BCUT2D eigenvalue weighted by Gasteiger charge is -2.27.